The van der Waals surface area contributed by atoms with Crippen LogP contribution in [0.5, 0.6) is 0 Å². The predicted octanol–water partition coefficient (Wildman–Crippen LogP) is 1.63. The van der Waals surface area contributed by atoms with Crippen molar-refractivity contribution < 1.29 is 19.4 Å². The maximum atomic E-state index is 11.2. The highest BCUT2D eigenvalue weighted by Crippen LogP contribution is 2.24. The summed E-state index contributed by atoms with van der Waals surface area (Å²) in [5, 5.41) is 9.70. The van der Waals surface area contributed by atoms with Crippen molar-refractivity contribution in [3.05, 3.63) is 42.0 Å². The maximum absolute atomic E-state index is 11.2. The molecule has 6 heteroatoms. The number of hydrogen-bond donors (Lipinski definition) is 1. The first kappa shape index (κ1) is 10.5. The number of ether oxygens (including phenoxy) is 2. The minimum atomic E-state index is -1.03. The Morgan fingerprint density at radius 2 is 2.33 bits per heavy atom. The number of hydrogen-bond acceptors (Lipinski definition) is 5. The van der Waals surface area contributed by atoms with Crippen molar-refractivity contribution in [1.29, 1.82) is 0 Å². The third-order valence-corrected chi connectivity index (χ3v) is 2.57. The molecule has 0 aliphatic carbocycles. The van der Waals surface area contributed by atoms with Crippen molar-refractivity contribution in [2.45, 2.75) is 0 Å². The Labute approximate surface area is 101 Å². The fourth-order valence-electron chi connectivity index (χ4n) is 1.75. The van der Waals surface area contributed by atoms with Gasteiger partial charge in [0, 0.05) is 17.8 Å². The van der Waals surface area contributed by atoms with Crippen molar-refractivity contribution in [3.63, 3.8) is 0 Å². The van der Waals surface area contributed by atoms with E-state index in [1.807, 2.05) is 0 Å². The molecule has 0 radical (unpaired) electrons. The van der Waals surface area contributed by atoms with Crippen LogP contribution in [0.15, 0.2) is 30.8 Å². The molecule has 0 spiro atoms. The maximum Gasteiger partial charge on any atom is 0.336 e. The highest BCUT2D eigenvalue weighted by molar-refractivity contribution is 6.02. The van der Waals surface area contributed by atoms with Crippen LogP contribution in [0.4, 0.5) is 0 Å². The summed E-state index contributed by atoms with van der Waals surface area (Å²) >= 11 is 0. The SMILES string of the molecule is O=C(O)c1cc(C2=COCO2)nc2ccncc12. The van der Waals surface area contributed by atoms with E-state index in [2.05, 4.69) is 9.97 Å². The lowest BCUT2D eigenvalue weighted by Crippen LogP contribution is -2.02. The Bertz CT molecular complexity index is 666. The fourth-order valence-corrected chi connectivity index (χ4v) is 1.75. The van der Waals surface area contributed by atoms with Crippen LogP contribution in [0.25, 0.3) is 16.7 Å². The monoisotopic (exact) mass is 244 g/mol. The summed E-state index contributed by atoms with van der Waals surface area (Å²) in [4.78, 5) is 19.5. The van der Waals surface area contributed by atoms with Crippen LogP contribution >= 0.6 is 0 Å². The highest BCUT2D eigenvalue weighted by Gasteiger charge is 2.17. The third-order valence-electron chi connectivity index (χ3n) is 2.57. The van der Waals surface area contributed by atoms with Crippen molar-refractivity contribution in [2.75, 3.05) is 6.79 Å². The van der Waals surface area contributed by atoms with E-state index in [4.69, 9.17) is 9.47 Å². The molecule has 1 aliphatic heterocycles. The number of carboxylic acid groups (broad SMARTS) is 1. The molecule has 1 aliphatic rings. The van der Waals surface area contributed by atoms with Crippen molar-refractivity contribution in [1.82, 2.24) is 9.97 Å². The molecule has 2 aromatic heterocycles. The number of aromatic nitrogens is 2. The number of nitrogens with zero attached hydrogens (tertiary/aromatic N) is 2. The molecule has 0 amide bonds. The van der Waals surface area contributed by atoms with Crippen molar-refractivity contribution in [2.24, 2.45) is 0 Å². The smallest absolute Gasteiger partial charge is 0.336 e. The van der Waals surface area contributed by atoms with Gasteiger partial charge in [0.1, 0.15) is 12.0 Å². The summed E-state index contributed by atoms with van der Waals surface area (Å²) in [5.74, 6) is -0.604. The minimum Gasteiger partial charge on any atom is -0.478 e. The average Bonchev–Trinajstić information content (AvgIpc) is 2.91. The van der Waals surface area contributed by atoms with Gasteiger partial charge in [0.15, 0.2) is 5.76 Å². The number of carbonyl (C=O) groups is 1. The van der Waals surface area contributed by atoms with E-state index in [0.29, 0.717) is 22.4 Å². The molecule has 6 nitrogen and oxygen atoms in total. The highest BCUT2D eigenvalue weighted by atomic mass is 16.7. The molecule has 2 aromatic rings. The van der Waals surface area contributed by atoms with Crippen LogP contribution in [0.3, 0.4) is 0 Å². The predicted molar refractivity (Wildman–Crippen MR) is 61.5 cm³/mol. The van der Waals surface area contributed by atoms with Gasteiger partial charge < -0.3 is 14.6 Å². The van der Waals surface area contributed by atoms with E-state index in [-0.39, 0.29) is 12.4 Å². The van der Waals surface area contributed by atoms with Crippen LogP contribution in [0.2, 0.25) is 0 Å². The van der Waals surface area contributed by atoms with Crippen LogP contribution in [-0.2, 0) is 9.47 Å². The Morgan fingerprint density at radius 3 is 3.06 bits per heavy atom. The topological polar surface area (TPSA) is 81.5 Å². The van der Waals surface area contributed by atoms with E-state index >= 15 is 0 Å². The van der Waals surface area contributed by atoms with Crippen molar-refractivity contribution in [3.8, 4) is 0 Å². The first-order chi connectivity index (χ1) is 8.75. The van der Waals surface area contributed by atoms with Gasteiger partial charge in [-0.05, 0) is 12.1 Å². The molecule has 0 unspecified atom stereocenters. The molecule has 3 heterocycles. The zero-order valence-electron chi connectivity index (χ0n) is 9.16. The van der Waals surface area contributed by atoms with Crippen LogP contribution < -0.4 is 0 Å². The fraction of sp³-hybridized carbons (Fsp3) is 0.0833. The zero-order chi connectivity index (χ0) is 12.5. The molecule has 3 rings (SSSR count). The van der Waals surface area contributed by atoms with E-state index in [1.54, 1.807) is 12.3 Å². The third kappa shape index (κ3) is 1.64. The molecular formula is C12H8N2O4. The van der Waals surface area contributed by atoms with E-state index in [0.717, 1.165) is 0 Å². The van der Waals surface area contributed by atoms with Gasteiger partial charge in [0.05, 0.1) is 11.1 Å². The lowest BCUT2D eigenvalue weighted by molar-refractivity contribution is 0.0699. The Balaban J connectivity index is 2.26. The summed E-state index contributed by atoms with van der Waals surface area (Å²) in [5.41, 5.74) is 1.12. The summed E-state index contributed by atoms with van der Waals surface area (Å²) in [6, 6.07) is 3.11. The van der Waals surface area contributed by atoms with Gasteiger partial charge in [0.2, 0.25) is 6.79 Å². The minimum absolute atomic E-state index is 0.119. The Hall–Kier alpha value is -2.63. The lowest BCUT2D eigenvalue weighted by Gasteiger charge is -2.06. The summed E-state index contributed by atoms with van der Waals surface area (Å²) in [7, 11) is 0. The van der Waals surface area contributed by atoms with Gasteiger partial charge in [-0.15, -0.1) is 0 Å². The molecule has 0 aromatic carbocycles. The standard InChI is InChI=1S/C12H8N2O4/c15-12(16)7-3-10(11-5-17-6-18-11)14-9-1-2-13-4-8(7)9/h1-5H,6H2,(H,15,16). The van der Waals surface area contributed by atoms with Gasteiger partial charge in [-0.25, -0.2) is 9.78 Å². The molecule has 0 saturated carbocycles. The largest absolute Gasteiger partial charge is 0.478 e. The molecule has 0 bridgehead atoms. The second-order valence-electron chi connectivity index (χ2n) is 3.66. The van der Waals surface area contributed by atoms with Gasteiger partial charge >= 0.3 is 5.97 Å². The van der Waals surface area contributed by atoms with E-state index in [9.17, 15) is 9.90 Å². The number of pyridine rings is 2. The summed E-state index contributed by atoms with van der Waals surface area (Å²) in [6.07, 6.45) is 4.46. The molecule has 18 heavy (non-hydrogen) atoms. The first-order valence-corrected chi connectivity index (χ1v) is 5.19. The average molecular weight is 244 g/mol. The molecule has 90 valence electrons. The van der Waals surface area contributed by atoms with Gasteiger partial charge in [0.25, 0.3) is 0 Å². The van der Waals surface area contributed by atoms with Crippen LogP contribution in [0, 0.1) is 0 Å². The van der Waals surface area contributed by atoms with Crippen LogP contribution in [0.1, 0.15) is 16.1 Å². The second kappa shape index (κ2) is 3.99. The zero-order valence-corrected chi connectivity index (χ0v) is 9.16. The second-order valence-corrected chi connectivity index (χ2v) is 3.66. The Morgan fingerprint density at radius 1 is 1.44 bits per heavy atom. The normalized spacial score (nSPS) is 13.9. The van der Waals surface area contributed by atoms with Gasteiger partial charge in [-0.3, -0.25) is 4.98 Å². The van der Waals surface area contributed by atoms with E-state index in [1.165, 1.54) is 18.5 Å². The number of carboxylic acids is 1. The van der Waals surface area contributed by atoms with Crippen LogP contribution in [-0.4, -0.2) is 27.8 Å². The molecule has 0 saturated heterocycles. The van der Waals surface area contributed by atoms with Gasteiger partial charge in [-0.1, -0.05) is 0 Å². The molecular weight excluding hydrogens is 236 g/mol. The Kier molecular flexibility index (Phi) is 2.33. The van der Waals surface area contributed by atoms with E-state index < -0.39 is 5.97 Å². The molecule has 0 atom stereocenters. The van der Waals surface area contributed by atoms with Gasteiger partial charge in [-0.2, -0.15) is 0 Å². The lowest BCUT2D eigenvalue weighted by atomic mass is 10.1. The summed E-state index contributed by atoms with van der Waals surface area (Å²) < 4.78 is 10.1. The molecule has 1 N–H and O–H groups in total. The summed E-state index contributed by atoms with van der Waals surface area (Å²) in [6.45, 7) is 0.119. The number of rotatable bonds is 2. The van der Waals surface area contributed by atoms with Crippen molar-refractivity contribution >= 4 is 22.6 Å². The first-order valence-electron chi connectivity index (χ1n) is 5.19. The quantitative estimate of drug-likeness (QED) is 0.864. The molecule has 0 fully saturated rings. The number of aromatic carboxylic acids is 1. The number of fused-ring (bicyclic) bond motifs is 1.